The summed E-state index contributed by atoms with van der Waals surface area (Å²) in [5.74, 6) is -1.65. The number of carboxylic acid groups (broad SMARTS) is 1. The molecule has 2 aliphatic rings. The first-order chi connectivity index (χ1) is 18.8. The summed E-state index contributed by atoms with van der Waals surface area (Å²) in [6, 6.07) is 12.8. The van der Waals surface area contributed by atoms with Crippen molar-refractivity contribution in [2.24, 2.45) is 7.05 Å². The van der Waals surface area contributed by atoms with Crippen LogP contribution in [0.3, 0.4) is 0 Å². The van der Waals surface area contributed by atoms with Crippen LogP contribution < -0.4 is 0 Å². The first-order valence-corrected chi connectivity index (χ1v) is 13.2. The van der Waals surface area contributed by atoms with Crippen LogP contribution in [-0.2, 0) is 30.3 Å². The average molecular weight is 561 g/mol. The lowest BCUT2D eigenvalue weighted by Crippen LogP contribution is -2.53. The van der Waals surface area contributed by atoms with Gasteiger partial charge in [-0.1, -0.05) is 30.3 Å². The van der Waals surface area contributed by atoms with Crippen molar-refractivity contribution in [3.63, 3.8) is 0 Å². The number of halogens is 3. The van der Waals surface area contributed by atoms with Gasteiger partial charge in [-0.2, -0.15) is 18.3 Å². The van der Waals surface area contributed by atoms with E-state index in [-0.39, 0.29) is 11.3 Å². The number of aryl methyl sites for hydroxylation is 2. The summed E-state index contributed by atoms with van der Waals surface area (Å²) >= 11 is 0. The van der Waals surface area contributed by atoms with E-state index in [1.807, 2.05) is 18.0 Å². The maximum atomic E-state index is 13.5. The van der Waals surface area contributed by atoms with Crippen molar-refractivity contribution < 1.29 is 27.9 Å². The van der Waals surface area contributed by atoms with Gasteiger partial charge in [-0.25, -0.2) is 9.78 Å². The minimum Gasteiger partial charge on any atom is -0.475 e. The number of alkyl halides is 3. The molecular formula is C28H35F3N6O3. The number of rotatable bonds is 4. The van der Waals surface area contributed by atoms with Crippen molar-refractivity contribution in [3.05, 3.63) is 71.1 Å². The second kappa shape index (κ2) is 11.4. The predicted octanol–water partition coefficient (Wildman–Crippen LogP) is 4.33. The van der Waals surface area contributed by atoms with Crippen molar-refractivity contribution >= 4 is 11.9 Å². The summed E-state index contributed by atoms with van der Waals surface area (Å²) in [6.45, 7) is 10.8. The van der Waals surface area contributed by atoms with E-state index in [2.05, 4.69) is 65.7 Å². The maximum Gasteiger partial charge on any atom is 0.490 e. The number of carbonyl (C=O) groups excluding carboxylic acids is 1. The van der Waals surface area contributed by atoms with Crippen LogP contribution in [-0.4, -0.2) is 71.9 Å². The molecule has 1 amide bonds. The summed E-state index contributed by atoms with van der Waals surface area (Å²) in [5, 5.41) is 11.4. The van der Waals surface area contributed by atoms with Crippen LogP contribution in [0.1, 0.15) is 66.0 Å². The smallest absolute Gasteiger partial charge is 0.475 e. The highest BCUT2D eigenvalue weighted by molar-refractivity contribution is 5.92. The lowest BCUT2D eigenvalue weighted by Gasteiger charge is -2.47. The molecule has 0 saturated carbocycles. The van der Waals surface area contributed by atoms with E-state index in [1.165, 1.54) is 17.0 Å². The molecule has 40 heavy (non-hydrogen) atoms. The maximum absolute atomic E-state index is 13.5. The third-order valence-corrected chi connectivity index (χ3v) is 7.67. The Bertz CT molecular complexity index is 1340. The summed E-state index contributed by atoms with van der Waals surface area (Å²) in [6.07, 6.45) is -1.37. The summed E-state index contributed by atoms with van der Waals surface area (Å²) < 4.78 is 35.7. The first-order valence-electron chi connectivity index (χ1n) is 13.2. The Morgan fingerprint density at radius 3 is 2.25 bits per heavy atom. The highest BCUT2D eigenvalue weighted by Crippen LogP contribution is 2.43. The molecule has 1 fully saturated rings. The van der Waals surface area contributed by atoms with E-state index in [0.717, 1.165) is 44.8 Å². The number of benzene rings is 1. The third-order valence-electron chi connectivity index (χ3n) is 7.67. The third kappa shape index (κ3) is 6.06. The number of nitrogens with zero attached hydrogens (tertiary/aromatic N) is 6. The van der Waals surface area contributed by atoms with E-state index in [1.54, 1.807) is 10.9 Å². The molecule has 1 N–H and O–H groups in total. The highest BCUT2D eigenvalue weighted by Gasteiger charge is 2.47. The number of aliphatic carboxylic acids is 1. The molecule has 4 heterocycles. The van der Waals surface area contributed by atoms with Gasteiger partial charge in [0.15, 0.2) is 0 Å². The molecule has 0 unspecified atom stereocenters. The van der Waals surface area contributed by atoms with Gasteiger partial charge < -0.3 is 14.6 Å². The van der Waals surface area contributed by atoms with Crippen LogP contribution in [0.25, 0.3) is 0 Å². The van der Waals surface area contributed by atoms with Gasteiger partial charge in [0.05, 0.1) is 17.9 Å². The van der Waals surface area contributed by atoms with Crippen LogP contribution >= 0.6 is 0 Å². The number of hydrogen-bond acceptors (Lipinski definition) is 5. The monoisotopic (exact) mass is 560 g/mol. The number of piperidine rings is 1. The number of aromatic nitrogens is 4. The fourth-order valence-corrected chi connectivity index (χ4v) is 5.79. The van der Waals surface area contributed by atoms with Gasteiger partial charge in [-0.05, 0) is 58.3 Å². The van der Waals surface area contributed by atoms with Crippen LogP contribution in [0, 0.1) is 6.92 Å². The molecule has 12 heteroatoms. The Morgan fingerprint density at radius 1 is 1.10 bits per heavy atom. The molecule has 216 valence electrons. The Labute approximate surface area is 231 Å². The predicted molar refractivity (Wildman–Crippen MR) is 142 cm³/mol. The van der Waals surface area contributed by atoms with Gasteiger partial charge >= 0.3 is 12.1 Å². The Kier molecular flexibility index (Phi) is 8.38. The number of imidazole rings is 1. The summed E-state index contributed by atoms with van der Waals surface area (Å²) in [5.41, 5.74) is 4.33. The molecule has 2 aliphatic heterocycles. The number of amides is 1. The zero-order valence-electron chi connectivity index (χ0n) is 23.1. The molecular weight excluding hydrogens is 525 g/mol. The van der Waals surface area contributed by atoms with E-state index < -0.39 is 12.1 Å². The first kappa shape index (κ1) is 29.3. The molecule has 5 rings (SSSR count). The normalized spacial score (nSPS) is 16.9. The number of fused-ring (bicyclic) bond motifs is 2. The molecule has 1 aromatic carbocycles. The van der Waals surface area contributed by atoms with Crippen LogP contribution in [0.15, 0.2) is 42.6 Å². The fourth-order valence-electron chi connectivity index (χ4n) is 5.79. The standard InChI is InChI=1S/C26H34N6O.C2HF3O2/c1-19(2)32-20(3)28-24-23(32)17-31(25(33)22-10-13-27-29(22)4)18-26(24)11-14-30(15-12-26)16-21-8-6-5-7-9-21;3-2(4,5)1(6)7/h5-10,13,19H,11-12,14-18H2,1-4H3;(H,6,7). The second-order valence-corrected chi connectivity index (χ2v) is 10.8. The molecule has 0 aliphatic carbocycles. The molecule has 0 bridgehead atoms. The van der Waals surface area contributed by atoms with E-state index in [9.17, 15) is 18.0 Å². The molecule has 3 aromatic rings. The fraction of sp³-hybridized carbons (Fsp3) is 0.500. The second-order valence-electron chi connectivity index (χ2n) is 10.8. The average Bonchev–Trinajstić information content (AvgIpc) is 3.48. The van der Waals surface area contributed by atoms with Crippen molar-refractivity contribution in [2.75, 3.05) is 19.6 Å². The van der Waals surface area contributed by atoms with Crippen LogP contribution in [0.2, 0.25) is 0 Å². The van der Waals surface area contributed by atoms with Gasteiger partial charge in [0.25, 0.3) is 5.91 Å². The van der Waals surface area contributed by atoms with Crippen LogP contribution in [0.4, 0.5) is 13.2 Å². The zero-order valence-corrected chi connectivity index (χ0v) is 23.1. The van der Waals surface area contributed by atoms with Gasteiger partial charge in [-0.3, -0.25) is 14.4 Å². The minimum atomic E-state index is -5.08. The number of carboxylic acids is 1. The lowest BCUT2D eigenvalue weighted by molar-refractivity contribution is -0.192. The number of hydrogen-bond donors (Lipinski definition) is 1. The van der Waals surface area contributed by atoms with Crippen molar-refractivity contribution in [3.8, 4) is 0 Å². The number of carbonyl (C=O) groups is 2. The van der Waals surface area contributed by atoms with Crippen LogP contribution in [0.5, 0.6) is 0 Å². The van der Waals surface area contributed by atoms with Gasteiger partial charge in [0.2, 0.25) is 0 Å². The van der Waals surface area contributed by atoms with E-state index in [0.29, 0.717) is 18.3 Å². The molecule has 1 saturated heterocycles. The minimum absolute atomic E-state index is 0.0564. The van der Waals surface area contributed by atoms with Crippen molar-refractivity contribution in [2.45, 2.75) is 64.3 Å². The van der Waals surface area contributed by atoms with Crippen molar-refractivity contribution in [1.29, 1.82) is 0 Å². The highest BCUT2D eigenvalue weighted by atomic mass is 19.4. The van der Waals surface area contributed by atoms with Crippen molar-refractivity contribution in [1.82, 2.24) is 29.1 Å². The number of likely N-dealkylation sites (tertiary alicyclic amines) is 1. The SMILES string of the molecule is Cc1nc2c(n1C(C)C)CN(C(=O)c1ccnn1C)CC21CCN(Cc2ccccc2)CC1.O=C(O)C(F)(F)F. The van der Waals surface area contributed by atoms with Gasteiger partial charge in [0, 0.05) is 37.8 Å². The molecule has 9 nitrogen and oxygen atoms in total. The summed E-state index contributed by atoms with van der Waals surface area (Å²) in [7, 11) is 1.84. The zero-order chi connectivity index (χ0) is 29.2. The Morgan fingerprint density at radius 2 is 1.73 bits per heavy atom. The largest absolute Gasteiger partial charge is 0.490 e. The quantitative estimate of drug-likeness (QED) is 0.511. The topological polar surface area (TPSA) is 96.5 Å². The van der Waals surface area contributed by atoms with Gasteiger partial charge in [-0.15, -0.1) is 0 Å². The summed E-state index contributed by atoms with van der Waals surface area (Å²) in [4.78, 5) is 32.1. The van der Waals surface area contributed by atoms with E-state index >= 15 is 0 Å². The lowest BCUT2D eigenvalue weighted by atomic mass is 9.72. The molecule has 1 spiro atoms. The molecule has 0 radical (unpaired) electrons. The van der Waals surface area contributed by atoms with E-state index in [4.69, 9.17) is 14.9 Å². The molecule has 2 aromatic heterocycles. The molecule has 0 atom stereocenters. The Hall–Kier alpha value is -3.67. The Balaban J connectivity index is 0.000000470. The van der Waals surface area contributed by atoms with Gasteiger partial charge in [0.1, 0.15) is 11.5 Å².